The monoisotopic (exact) mass is 350 g/mol. The summed E-state index contributed by atoms with van der Waals surface area (Å²) in [7, 11) is 0. The lowest BCUT2D eigenvalue weighted by atomic mass is 10.1. The Labute approximate surface area is 152 Å². The van der Waals surface area contributed by atoms with E-state index in [-0.39, 0.29) is 11.9 Å². The lowest BCUT2D eigenvalue weighted by Gasteiger charge is -2.08. The number of hydrogen-bond donors (Lipinski definition) is 1. The molecular weight excluding hydrogens is 328 g/mol. The van der Waals surface area contributed by atoms with E-state index in [1.54, 1.807) is 11.3 Å². The maximum absolute atomic E-state index is 12.3. The zero-order valence-corrected chi connectivity index (χ0v) is 15.6. The van der Waals surface area contributed by atoms with Gasteiger partial charge in [-0.25, -0.2) is 4.98 Å². The molecule has 4 heteroatoms. The second kappa shape index (κ2) is 7.62. The Kier molecular flexibility index (Phi) is 5.29. The minimum absolute atomic E-state index is 0.00766. The van der Waals surface area contributed by atoms with Gasteiger partial charge in [-0.05, 0) is 26.3 Å². The van der Waals surface area contributed by atoms with E-state index in [9.17, 15) is 4.79 Å². The Balaban J connectivity index is 2.00. The van der Waals surface area contributed by atoms with Gasteiger partial charge in [-0.1, -0.05) is 60.2 Å². The maximum atomic E-state index is 12.3. The fourth-order valence-electron chi connectivity index (χ4n) is 2.63. The summed E-state index contributed by atoms with van der Waals surface area (Å²) in [5.41, 5.74) is 4.25. The SMILES string of the molecule is Cc1ccc(-c2sc(-c3ccccc3)nc2CC(=O)NC(C)C)cc1. The zero-order valence-electron chi connectivity index (χ0n) is 14.7. The number of aromatic nitrogens is 1. The highest BCUT2D eigenvalue weighted by Gasteiger charge is 2.17. The van der Waals surface area contributed by atoms with Crippen molar-refractivity contribution in [3.63, 3.8) is 0 Å². The van der Waals surface area contributed by atoms with Crippen LogP contribution in [0.15, 0.2) is 54.6 Å². The third kappa shape index (κ3) is 4.34. The maximum Gasteiger partial charge on any atom is 0.226 e. The van der Waals surface area contributed by atoms with Crippen molar-refractivity contribution < 1.29 is 4.79 Å². The van der Waals surface area contributed by atoms with E-state index >= 15 is 0 Å². The first-order valence-electron chi connectivity index (χ1n) is 8.44. The molecule has 3 rings (SSSR count). The molecule has 0 fully saturated rings. The summed E-state index contributed by atoms with van der Waals surface area (Å²) in [6.45, 7) is 6.01. The summed E-state index contributed by atoms with van der Waals surface area (Å²) in [4.78, 5) is 18.1. The Hall–Kier alpha value is -2.46. The van der Waals surface area contributed by atoms with Crippen LogP contribution < -0.4 is 5.32 Å². The average molecular weight is 350 g/mol. The van der Waals surface area contributed by atoms with Crippen LogP contribution in [0.1, 0.15) is 25.1 Å². The van der Waals surface area contributed by atoms with Gasteiger partial charge in [0, 0.05) is 11.6 Å². The number of nitrogens with one attached hydrogen (secondary N) is 1. The Morgan fingerprint density at radius 2 is 1.72 bits per heavy atom. The number of amides is 1. The van der Waals surface area contributed by atoms with Crippen LogP contribution in [0.2, 0.25) is 0 Å². The van der Waals surface area contributed by atoms with Gasteiger partial charge in [-0.2, -0.15) is 0 Å². The molecule has 1 heterocycles. The molecule has 0 radical (unpaired) electrons. The van der Waals surface area contributed by atoms with E-state index < -0.39 is 0 Å². The van der Waals surface area contributed by atoms with Gasteiger partial charge in [0.05, 0.1) is 17.0 Å². The number of aryl methyl sites for hydroxylation is 1. The van der Waals surface area contributed by atoms with Crippen LogP contribution in [0, 0.1) is 6.92 Å². The van der Waals surface area contributed by atoms with Gasteiger partial charge in [0.25, 0.3) is 0 Å². The molecule has 2 aromatic carbocycles. The lowest BCUT2D eigenvalue weighted by molar-refractivity contribution is -0.120. The summed E-state index contributed by atoms with van der Waals surface area (Å²) in [6.07, 6.45) is 0.296. The molecule has 0 saturated carbocycles. The molecule has 3 nitrogen and oxygen atoms in total. The first-order valence-corrected chi connectivity index (χ1v) is 9.26. The largest absolute Gasteiger partial charge is 0.354 e. The van der Waals surface area contributed by atoms with E-state index in [0.717, 1.165) is 26.7 Å². The highest BCUT2D eigenvalue weighted by Crippen LogP contribution is 2.35. The molecule has 25 heavy (non-hydrogen) atoms. The van der Waals surface area contributed by atoms with E-state index in [1.807, 2.05) is 32.0 Å². The molecule has 3 aromatic rings. The fourth-order valence-corrected chi connectivity index (χ4v) is 3.72. The highest BCUT2D eigenvalue weighted by molar-refractivity contribution is 7.18. The molecule has 1 amide bonds. The Bertz CT molecular complexity index is 851. The topological polar surface area (TPSA) is 42.0 Å². The predicted molar refractivity (Wildman–Crippen MR) is 105 cm³/mol. The first kappa shape index (κ1) is 17.4. The smallest absolute Gasteiger partial charge is 0.226 e. The average Bonchev–Trinajstić information content (AvgIpc) is 2.99. The normalized spacial score (nSPS) is 10.9. The van der Waals surface area contributed by atoms with Crippen molar-refractivity contribution in [2.24, 2.45) is 0 Å². The summed E-state index contributed by atoms with van der Waals surface area (Å²) in [5.74, 6) is 0.00766. The molecule has 0 aliphatic carbocycles. The second-order valence-electron chi connectivity index (χ2n) is 6.43. The van der Waals surface area contributed by atoms with Crippen LogP contribution >= 0.6 is 11.3 Å². The number of carbonyl (C=O) groups is 1. The molecule has 0 saturated heterocycles. The summed E-state index contributed by atoms with van der Waals surface area (Å²) < 4.78 is 0. The molecule has 0 bridgehead atoms. The van der Waals surface area contributed by atoms with Crippen LogP contribution in [0.3, 0.4) is 0 Å². The minimum Gasteiger partial charge on any atom is -0.354 e. The standard InChI is InChI=1S/C21H22N2OS/c1-14(2)22-19(24)13-18-20(16-11-9-15(3)10-12-16)25-21(23-18)17-7-5-4-6-8-17/h4-12,14H,13H2,1-3H3,(H,22,24). The summed E-state index contributed by atoms with van der Waals surface area (Å²) in [5, 5.41) is 3.90. The Morgan fingerprint density at radius 3 is 2.36 bits per heavy atom. The van der Waals surface area contributed by atoms with Gasteiger partial charge in [0.1, 0.15) is 5.01 Å². The van der Waals surface area contributed by atoms with Crippen molar-refractivity contribution in [1.29, 1.82) is 0 Å². The quantitative estimate of drug-likeness (QED) is 0.714. The number of nitrogens with zero attached hydrogens (tertiary/aromatic N) is 1. The zero-order chi connectivity index (χ0) is 17.8. The van der Waals surface area contributed by atoms with Crippen LogP contribution in [0.4, 0.5) is 0 Å². The van der Waals surface area contributed by atoms with Crippen LogP contribution in [-0.4, -0.2) is 16.9 Å². The number of hydrogen-bond acceptors (Lipinski definition) is 3. The van der Waals surface area contributed by atoms with Gasteiger partial charge >= 0.3 is 0 Å². The molecule has 0 atom stereocenters. The second-order valence-corrected chi connectivity index (χ2v) is 7.42. The third-order valence-electron chi connectivity index (χ3n) is 3.81. The van der Waals surface area contributed by atoms with Crippen molar-refractivity contribution in [3.05, 3.63) is 65.9 Å². The van der Waals surface area contributed by atoms with E-state index in [4.69, 9.17) is 4.98 Å². The first-order chi connectivity index (χ1) is 12.0. The molecule has 0 spiro atoms. The van der Waals surface area contributed by atoms with Crippen LogP contribution in [-0.2, 0) is 11.2 Å². The van der Waals surface area contributed by atoms with E-state index in [1.165, 1.54) is 5.56 Å². The number of benzene rings is 2. The van der Waals surface area contributed by atoms with Crippen molar-refractivity contribution in [2.75, 3.05) is 0 Å². The minimum atomic E-state index is 0.00766. The van der Waals surface area contributed by atoms with Gasteiger partial charge in [-0.15, -0.1) is 11.3 Å². The molecule has 0 aliphatic rings. The summed E-state index contributed by atoms with van der Waals surface area (Å²) >= 11 is 1.64. The molecule has 128 valence electrons. The van der Waals surface area contributed by atoms with Crippen molar-refractivity contribution in [3.8, 4) is 21.0 Å². The Morgan fingerprint density at radius 1 is 1.04 bits per heavy atom. The molecule has 0 unspecified atom stereocenters. The van der Waals surface area contributed by atoms with Crippen molar-refractivity contribution in [1.82, 2.24) is 10.3 Å². The summed E-state index contributed by atoms with van der Waals surface area (Å²) in [6, 6.07) is 18.6. The number of thiazole rings is 1. The molecule has 1 aromatic heterocycles. The molecule has 1 N–H and O–H groups in total. The third-order valence-corrected chi connectivity index (χ3v) is 5.01. The van der Waals surface area contributed by atoms with E-state index in [2.05, 4.69) is 48.6 Å². The lowest BCUT2D eigenvalue weighted by Crippen LogP contribution is -2.31. The fraction of sp³-hybridized carbons (Fsp3) is 0.238. The number of rotatable bonds is 5. The van der Waals surface area contributed by atoms with Crippen LogP contribution in [0.25, 0.3) is 21.0 Å². The molecule has 0 aliphatic heterocycles. The predicted octanol–water partition coefficient (Wildman–Crippen LogP) is 4.85. The van der Waals surface area contributed by atoms with E-state index in [0.29, 0.717) is 6.42 Å². The van der Waals surface area contributed by atoms with Crippen LogP contribution in [0.5, 0.6) is 0 Å². The number of carbonyl (C=O) groups excluding carboxylic acids is 1. The van der Waals surface area contributed by atoms with Gasteiger partial charge in [-0.3, -0.25) is 4.79 Å². The van der Waals surface area contributed by atoms with Crippen molar-refractivity contribution >= 4 is 17.2 Å². The van der Waals surface area contributed by atoms with Gasteiger partial charge in [0.2, 0.25) is 5.91 Å². The molecular formula is C21H22N2OS. The van der Waals surface area contributed by atoms with Gasteiger partial charge < -0.3 is 5.32 Å². The highest BCUT2D eigenvalue weighted by atomic mass is 32.1. The van der Waals surface area contributed by atoms with Gasteiger partial charge in [0.15, 0.2) is 0 Å². The van der Waals surface area contributed by atoms with Crippen molar-refractivity contribution in [2.45, 2.75) is 33.2 Å².